The summed E-state index contributed by atoms with van der Waals surface area (Å²) in [6, 6.07) is 1.76. The Morgan fingerprint density at radius 2 is 2.09 bits per heavy atom. The Hall–Kier alpha value is -1.59. The summed E-state index contributed by atoms with van der Waals surface area (Å²) < 4.78 is 40.1. The van der Waals surface area contributed by atoms with Gasteiger partial charge in [-0.15, -0.1) is 0 Å². The molecule has 0 aromatic rings. The third-order valence-corrected chi connectivity index (χ3v) is 4.34. The molecule has 0 aliphatic carbocycles. The third-order valence-electron chi connectivity index (χ3n) is 4.34. The maximum atomic E-state index is 13.4. The topological polar surface area (TPSA) is 67.6 Å². The van der Waals surface area contributed by atoms with Crippen LogP contribution < -0.4 is 0 Å². The highest BCUT2D eigenvalue weighted by Gasteiger charge is 2.43. The molecule has 0 saturated carbocycles. The Morgan fingerprint density at radius 1 is 1.43 bits per heavy atom. The summed E-state index contributed by atoms with van der Waals surface area (Å²) in [6.07, 6.45) is -1.72. The van der Waals surface area contributed by atoms with E-state index in [1.54, 1.807) is 19.9 Å². The molecular weight excluding hydrogens is 311 g/mol. The average molecular weight is 331 g/mol. The van der Waals surface area contributed by atoms with E-state index in [1.807, 2.05) is 0 Å². The molecule has 5 nitrogen and oxygen atoms in total. The highest BCUT2D eigenvalue weighted by atomic mass is 19.3. The number of rotatable bonds is 3. The fraction of sp³-hybridized carbons (Fsp3) is 0.733. The van der Waals surface area contributed by atoms with Crippen molar-refractivity contribution in [1.29, 1.82) is 5.26 Å². The van der Waals surface area contributed by atoms with Gasteiger partial charge in [0.25, 0.3) is 11.8 Å². The van der Waals surface area contributed by atoms with Crippen molar-refractivity contribution < 1.29 is 23.1 Å². The van der Waals surface area contributed by atoms with Gasteiger partial charge in [-0.05, 0) is 19.9 Å². The molecule has 2 saturated heterocycles. The number of nitriles is 1. The lowest BCUT2D eigenvalue weighted by Gasteiger charge is -2.33. The second-order valence-electron chi connectivity index (χ2n) is 6.64. The second-order valence-corrected chi connectivity index (χ2v) is 6.64. The highest BCUT2D eigenvalue weighted by molar-refractivity contribution is 5.97. The van der Waals surface area contributed by atoms with Crippen LogP contribution >= 0.6 is 0 Å². The molecule has 0 aromatic heterocycles. The Morgan fingerprint density at radius 3 is 2.52 bits per heavy atom. The summed E-state index contributed by atoms with van der Waals surface area (Å²) >= 11 is 0. The zero-order valence-electron chi connectivity index (χ0n) is 13.1. The quantitative estimate of drug-likeness (QED) is 0.621. The fourth-order valence-electron chi connectivity index (χ4n) is 2.90. The largest absolute Gasteiger partial charge is 0.388 e. The predicted octanol–water partition coefficient (Wildman–Crippen LogP) is 1.10. The SMILES string of the molecule is CC(C)(C=C(C#N)C(=O)N1C[C@H](O)[C@@H](F)C1)N1CCC(F)(F)C1. The summed E-state index contributed by atoms with van der Waals surface area (Å²) in [5, 5.41) is 18.6. The van der Waals surface area contributed by atoms with Gasteiger partial charge in [0.05, 0.1) is 13.1 Å². The first kappa shape index (κ1) is 17.8. The van der Waals surface area contributed by atoms with E-state index in [1.165, 1.54) is 11.0 Å². The van der Waals surface area contributed by atoms with Crippen LogP contribution in [0.3, 0.4) is 0 Å². The number of carbonyl (C=O) groups excluding carboxylic acids is 1. The van der Waals surface area contributed by atoms with Crippen LogP contribution in [-0.2, 0) is 4.79 Å². The molecular formula is C15H20F3N3O2. The van der Waals surface area contributed by atoms with E-state index >= 15 is 0 Å². The molecule has 2 heterocycles. The Bertz CT molecular complexity index is 547. The minimum absolute atomic E-state index is 0.165. The number of likely N-dealkylation sites (tertiary alicyclic amines) is 2. The summed E-state index contributed by atoms with van der Waals surface area (Å²) in [5.74, 6) is -3.46. The average Bonchev–Trinajstić information content (AvgIpc) is 2.99. The van der Waals surface area contributed by atoms with E-state index in [0.717, 1.165) is 4.90 Å². The van der Waals surface area contributed by atoms with E-state index < -0.39 is 36.2 Å². The molecule has 23 heavy (non-hydrogen) atoms. The molecule has 0 radical (unpaired) electrons. The van der Waals surface area contributed by atoms with Crippen LogP contribution in [0.2, 0.25) is 0 Å². The molecule has 1 N–H and O–H groups in total. The lowest BCUT2D eigenvalue weighted by atomic mass is 9.99. The van der Waals surface area contributed by atoms with Crippen LogP contribution in [0.15, 0.2) is 11.6 Å². The minimum atomic E-state index is -2.78. The number of hydrogen-bond donors (Lipinski definition) is 1. The lowest BCUT2D eigenvalue weighted by Crippen LogP contribution is -2.43. The highest BCUT2D eigenvalue weighted by Crippen LogP contribution is 2.33. The van der Waals surface area contributed by atoms with Gasteiger partial charge in [-0.25, -0.2) is 13.2 Å². The maximum Gasteiger partial charge on any atom is 0.264 e. The van der Waals surface area contributed by atoms with Gasteiger partial charge in [-0.2, -0.15) is 5.26 Å². The first-order valence-electron chi connectivity index (χ1n) is 7.43. The van der Waals surface area contributed by atoms with Gasteiger partial charge in [0.2, 0.25) is 0 Å². The number of amides is 1. The summed E-state index contributed by atoms with van der Waals surface area (Å²) in [5.41, 5.74) is -1.14. The zero-order valence-corrected chi connectivity index (χ0v) is 13.1. The minimum Gasteiger partial charge on any atom is -0.388 e. The molecule has 1 amide bonds. The van der Waals surface area contributed by atoms with Crippen LogP contribution in [0.4, 0.5) is 13.2 Å². The normalized spacial score (nSPS) is 28.9. The summed E-state index contributed by atoms with van der Waals surface area (Å²) in [7, 11) is 0. The number of nitrogens with zero attached hydrogens (tertiary/aromatic N) is 3. The van der Waals surface area contributed by atoms with Crippen LogP contribution in [0.25, 0.3) is 0 Å². The van der Waals surface area contributed by atoms with E-state index in [-0.39, 0.29) is 31.6 Å². The molecule has 2 atom stereocenters. The Labute approximate surface area is 133 Å². The number of alkyl halides is 3. The van der Waals surface area contributed by atoms with E-state index in [2.05, 4.69) is 0 Å². The van der Waals surface area contributed by atoms with Crippen molar-refractivity contribution in [2.75, 3.05) is 26.2 Å². The van der Waals surface area contributed by atoms with Crippen LogP contribution in [-0.4, -0.2) is 70.7 Å². The van der Waals surface area contributed by atoms with Gasteiger partial charge in [-0.3, -0.25) is 9.69 Å². The van der Waals surface area contributed by atoms with Gasteiger partial charge < -0.3 is 10.0 Å². The maximum absolute atomic E-state index is 13.4. The van der Waals surface area contributed by atoms with Crippen LogP contribution in [0.5, 0.6) is 0 Å². The van der Waals surface area contributed by atoms with Crippen molar-refractivity contribution >= 4 is 5.91 Å². The van der Waals surface area contributed by atoms with Gasteiger partial charge in [0.15, 0.2) is 0 Å². The van der Waals surface area contributed by atoms with E-state index in [4.69, 9.17) is 0 Å². The van der Waals surface area contributed by atoms with Crippen LogP contribution in [0.1, 0.15) is 20.3 Å². The van der Waals surface area contributed by atoms with E-state index in [9.17, 15) is 28.3 Å². The van der Waals surface area contributed by atoms with Gasteiger partial charge in [-0.1, -0.05) is 0 Å². The third kappa shape index (κ3) is 3.85. The molecule has 2 aliphatic rings. The van der Waals surface area contributed by atoms with Gasteiger partial charge in [0.1, 0.15) is 23.9 Å². The number of hydrogen-bond acceptors (Lipinski definition) is 4. The predicted molar refractivity (Wildman–Crippen MR) is 76.4 cm³/mol. The molecule has 8 heteroatoms. The monoisotopic (exact) mass is 331 g/mol. The van der Waals surface area contributed by atoms with Crippen molar-refractivity contribution in [2.24, 2.45) is 0 Å². The first-order chi connectivity index (χ1) is 10.6. The molecule has 0 unspecified atom stereocenters. The Balaban J connectivity index is 2.15. The molecule has 0 spiro atoms. The van der Waals surface area contributed by atoms with Gasteiger partial charge >= 0.3 is 0 Å². The lowest BCUT2D eigenvalue weighted by molar-refractivity contribution is -0.126. The molecule has 0 bridgehead atoms. The van der Waals surface area contributed by atoms with Crippen molar-refractivity contribution in [2.45, 2.75) is 44.0 Å². The number of halogens is 3. The molecule has 128 valence electrons. The number of aliphatic hydroxyl groups excluding tert-OH is 1. The molecule has 2 aliphatic heterocycles. The molecule has 2 fully saturated rings. The van der Waals surface area contributed by atoms with Gasteiger partial charge in [0, 0.05) is 25.0 Å². The standard InChI is InChI=1S/C15H20F3N3O2/c1-14(2,21-4-3-15(17,18)9-21)5-10(6-19)13(23)20-7-11(16)12(22)8-20/h5,11-12,22H,3-4,7-9H2,1-2H3/t11-,12-/m0/s1. The fourth-order valence-corrected chi connectivity index (χ4v) is 2.90. The van der Waals surface area contributed by atoms with Crippen molar-refractivity contribution in [3.63, 3.8) is 0 Å². The first-order valence-corrected chi connectivity index (χ1v) is 7.43. The zero-order chi connectivity index (χ0) is 17.4. The van der Waals surface area contributed by atoms with Crippen molar-refractivity contribution in [1.82, 2.24) is 9.80 Å². The molecule has 2 rings (SSSR count). The number of carbonyl (C=O) groups is 1. The van der Waals surface area contributed by atoms with Crippen molar-refractivity contribution in [3.05, 3.63) is 11.6 Å². The second kappa shape index (κ2) is 6.13. The smallest absolute Gasteiger partial charge is 0.264 e. The van der Waals surface area contributed by atoms with E-state index in [0.29, 0.717) is 0 Å². The number of β-amino-alcohol motifs (C(OH)–C–C–N with tert-alkyl or cyclic N) is 1. The molecule has 0 aromatic carbocycles. The van der Waals surface area contributed by atoms with Crippen molar-refractivity contribution in [3.8, 4) is 6.07 Å². The summed E-state index contributed by atoms with van der Waals surface area (Å²) in [6.45, 7) is 2.57. The van der Waals surface area contributed by atoms with Crippen LogP contribution in [0, 0.1) is 11.3 Å². The summed E-state index contributed by atoms with van der Waals surface area (Å²) in [4.78, 5) is 14.9. The Kier molecular flexibility index (Phi) is 4.74. The number of aliphatic hydroxyl groups is 1.